The van der Waals surface area contributed by atoms with Crippen molar-refractivity contribution in [1.29, 1.82) is 0 Å². The Morgan fingerprint density at radius 3 is 2.14 bits per heavy atom. The number of cyclic esters (lactones) is 1. The van der Waals surface area contributed by atoms with Gasteiger partial charge in [-0.1, -0.05) is 38.5 Å². The first-order valence-corrected chi connectivity index (χ1v) is 22.6. The molecule has 3 saturated heterocycles. The number of nitrogens with zero attached hydrogens (tertiary/aromatic N) is 1. The minimum atomic E-state index is -1.46. The molecule has 0 saturated carbocycles. The zero-order valence-corrected chi connectivity index (χ0v) is 39.4. The van der Waals surface area contributed by atoms with Crippen LogP contribution in [0.3, 0.4) is 0 Å². The first-order valence-electron chi connectivity index (χ1n) is 22.6. The van der Waals surface area contributed by atoms with Gasteiger partial charge in [-0.2, -0.15) is 0 Å². The topological polar surface area (TPSA) is 218 Å². The largest absolute Gasteiger partial charge is 0.462 e. The second kappa shape index (κ2) is 24.0. The summed E-state index contributed by atoms with van der Waals surface area (Å²) < 4.78 is 55.0. The molecule has 4 heterocycles. The second-order valence-electron chi connectivity index (χ2n) is 18.6. The predicted molar refractivity (Wildman–Crippen MR) is 229 cm³/mol. The molecule has 4 aliphatic heterocycles. The predicted octanol–water partition coefficient (Wildman–Crippen LogP) is 2.86. The minimum Gasteiger partial charge on any atom is -0.462 e. The number of esters is 1. The van der Waals surface area contributed by atoms with E-state index in [2.05, 4.69) is 0 Å². The van der Waals surface area contributed by atoms with Crippen LogP contribution in [0.15, 0.2) is 23.8 Å². The van der Waals surface area contributed by atoms with Crippen molar-refractivity contribution in [2.75, 3.05) is 34.9 Å². The Morgan fingerprint density at radius 2 is 1.54 bits per heavy atom. The smallest absolute Gasteiger partial charge is 0.306 e. The third-order valence-electron chi connectivity index (χ3n) is 13.3. The van der Waals surface area contributed by atoms with Crippen LogP contribution in [0.2, 0.25) is 0 Å². The Hall–Kier alpha value is -2.23. The van der Waals surface area contributed by atoms with Crippen molar-refractivity contribution in [3.63, 3.8) is 0 Å². The second-order valence-corrected chi connectivity index (χ2v) is 18.6. The summed E-state index contributed by atoms with van der Waals surface area (Å²) in [6.45, 7) is 14.2. The zero-order chi connectivity index (χ0) is 46.9. The number of aldehydes is 1. The fourth-order valence-electron chi connectivity index (χ4n) is 9.50. The number of likely N-dealkylation sites (N-methyl/N-ethyl adjacent to an activating group) is 1. The van der Waals surface area contributed by atoms with E-state index < -0.39 is 121 Å². The molecule has 4 rings (SSSR count). The first kappa shape index (κ1) is 53.4. The molecule has 4 aliphatic rings. The van der Waals surface area contributed by atoms with E-state index in [0.29, 0.717) is 12.8 Å². The van der Waals surface area contributed by atoms with Gasteiger partial charge in [0.05, 0.1) is 42.7 Å². The minimum absolute atomic E-state index is 0.00666. The van der Waals surface area contributed by atoms with Gasteiger partial charge in [-0.25, -0.2) is 0 Å². The maximum absolute atomic E-state index is 13.7. The lowest BCUT2D eigenvalue weighted by atomic mass is 9.80. The van der Waals surface area contributed by atoms with E-state index in [-0.39, 0.29) is 44.0 Å². The molecule has 17 nitrogen and oxygen atoms in total. The van der Waals surface area contributed by atoms with Crippen molar-refractivity contribution in [2.45, 2.75) is 192 Å². The van der Waals surface area contributed by atoms with Crippen LogP contribution >= 0.6 is 0 Å². The number of aliphatic hydroxyl groups excluding tert-OH is 3. The molecule has 0 bridgehead atoms. The Bertz CT molecular complexity index is 1520. The van der Waals surface area contributed by atoms with Crippen molar-refractivity contribution in [3.05, 3.63) is 23.8 Å². The molecule has 0 radical (unpaired) electrons. The highest BCUT2D eigenvalue weighted by atomic mass is 16.7. The summed E-state index contributed by atoms with van der Waals surface area (Å²) >= 11 is 0. The summed E-state index contributed by atoms with van der Waals surface area (Å²) in [6.07, 6.45) is -4.81. The van der Waals surface area contributed by atoms with Gasteiger partial charge in [-0.15, -0.1) is 0 Å². The fraction of sp³-hybridized carbons (Fsp3) is 0.848. The highest BCUT2D eigenvalue weighted by Crippen LogP contribution is 2.37. The van der Waals surface area contributed by atoms with Gasteiger partial charge in [0, 0.05) is 45.3 Å². The summed E-state index contributed by atoms with van der Waals surface area (Å²) in [7, 11) is 6.55. The van der Waals surface area contributed by atoms with Gasteiger partial charge in [0.25, 0.3) is 0 Å². The maximum atomic E-state index is 13.7. The Labute approximate surface area is 373 Å². The average Bonchev–Trinajstić information content (AvgIpc) is 3.22. The molecule has 17 heteroatoms. The highest BCUT2D eigenvalue weighted by Gasteiger charge is 2.51. The van der Waals surface area contributed by atoms with Crippen molar-refractivity contribution in [3.8, 4) is 0 Å². The molecule has 362 valence electrons. The quantitative estimate of drug-likeness (QED) is 0.154. The highest BCUT2D eigenvalue weighted by molar-refractivity contribution is 5.91. The van der Waals surface area contributed by atoms with Crippen molar-refractivity contribution in [1.82, 2.24) is 4.90 Å². The summed E-state index contributed by atoms with van der Waals surface area (Å²) in [5, 5.41) is 44.0. The van der Waals surface area contributed by atoms with Crippen molar-refractivity contribution in [2.24, 2.45) is 23.7 Å². The lowest BCUT2D eigenvalue weighted by Crippen LogP contribution is -2.65. The number of ketones is 1. The average molecular weight is 900 g/mol. The molecule has 0 aliphatic carbocycles. The molecule has 63 heavy (non-hydrogen) atoms. The van der Waals surface area contributed by atoms with Crippen LogP contribution in [0.5, 0.6) is 0 Å². The number of rotatable bonds is 13. The molecule has 0 spiro atoms. The standard InChI is InChI=1S/C46H77NO16/c1-13-33-31(23-57-45-42(56-12)41(55-11)37(51)27(5)59-45)20-24(2)14-16-32(49)26(4)21-30(18-19-48)39(25(3)15-17-34(50)61-33)63-44-38(52)36(47(9)10)40(28(6)60-44)62-35-22-46(8,54)43(53)29(7)58-35/h14,16,19-20,25-31,33,35-45,51-54H,13,15,17-18,21-23H2,1-12H3/b16-14+,24-20+/t25-,26+,27?,28+,29+,30-,31+,33+,35-,36?,37+,38?,39+,40+,41-,42?,43-,44-,45+,46?/m0/s1. The molecule has 3 fully saturated rings. The van der Waals surface area contributed by atoms with Gasteiger partial charge in [0.2, 0.25) is 0 Å². The van der Waals surface area contributed by atoms with Crippen molar-refractivity contribution < 1.29 is 77.4 Å². The summed E-state index contributed by atoms with van der Waals surface area (Å²) in [4.78, 5) is 41.5. The normalized spacial score (nSPS) is 45.3. The van der Waals surface area contributed by atoms with Crippen LogP contribution in [-0.4, -0.2) is 176 Å². The molecule has 4 N–H and O–H groups in total. The molecule has 5 unspecified atom stereocenters. The Balaban J connectivity index is 1.59. The zero-order valence-electron chi connectivity index (χ0n) is 39.4. The Kier molecular flexibility index (Phi) is 20.3. The third-order valence-corrected chi connectivity index (χ3v) is 13.3. The van der Waals surface area contributed by atoms with Crippen molar-refractivity contribution >= 4 is 18.0 Å². The molecule has 0 aromatic carbocycles. The fourth-order valence-corrected chi connectivity index (χ4v) is 9.50. The molecule has 20 atom stereocenters. The maximum Gasteiger partial charge on any atom is 0.306 e. The van der Waals surface area contributed by atoms with Crippen LogP contribution in [0, 0.1) is 23.7 Å². The number of hydrogen-bond donors (Lipinski definition) is 4. The number of carbonyl (C=O) groups excluding carboxylic acids is 3. The number of allylic oxidation sites excluding steroid dienone is 3. The van der Waals surface area contributed by atoms with E-state index in [4.69, 9.17) is 42.6 Å². The van der Waals surface area contributed by atoms with Gasteiger partial charge in [0.1, 0.15) is 49.0 Å². The third kappa shape index (κ3) is 13.7. The summed E-state index contributed by atoms with van der Waals surface area (Å²) in [6, 6.07) is -0.679. The number of hydrogen-bond acceptors (Lipinski definition) is 17. The van der Waals surface area contributed by atoms with Crippen LogP contribution in [0.25, 0.3) is 0 Å². The Morgan fingerprint density at radius 1 is 0.873 bits per heavy atom. The first-order chi connectivity index (χ1) is 29.7. The molecule has 0 aromatic heterocycles. The van der Waals surface area contributed by atoms with Gasteiger partial charge >= 0.3 is 5.97 Å². The van der Waals surface area contributed by atoms with Gasteiger partial charge in [0.15, 0.2) is 24.7 Å². The lowest BCUT2D eigenvalue weighted by molar-refractivity contribution is -0.341. The molecular formula is C46H77NO16. The van der Waals surface area contributed by atoms with E-state index >= 15 is 0 Å². The van der Waals surface area contributed by atoms with E-state index in [1.54, 1.807) is 52.8 Å². The molecule has 0 aromatic rings. The SMILES string of the molecule is CC[C@H]1OC(=O)CC[C@H](C)[C@@H](O[C@@H]2O[C@H](C)[C@@H](O[C@H]3CC(C)(O)[C@@H](O)[C@@H](C)O3)C(N(C)C)C2O)[C@@H](CC=O)C[C@@H](C)C(=O)/C=C/C(C)=C/[C@@H]1CO[C@@H]1OC(C)[C@@H](O)[C@H](OC)C1OC. The van der Waals surface area contributed by atoms with Crippen LogP contribution in [0.4, 0.5) is 0 Å². The van der Waals surface area contributed by atoms with Crippen LogP contribution in [0.1, 0.15) is 93.9 Å². The molecule has 0 amide bonds. The summed E-state index contributed by atoms with van der Waals surface area (Å²) in [5.41, 5.74) is -0.728. The lowest BCUT2D eigenvalue weighted by Gasteiger charge is -2.50. The van der Waals surface area contributed by atoms with E-state index in [1.807, 2.05) is 26.8 Å². The summed E-state index contributed by atoms with van der Waals surface area (Å²) in [5.74, 6) is -2.44. The number of methoxy groups -OCH3 is 2. The van der Waals surface area contributed by atoms with E-state index in [9.17, 15) is 34.8 Å². The van der Waals surface area contributed by atoms with E-state index in [1.165, 1.54) is 27.2 Å². The number of carbonyl (C=O) groups is 3. The van der Waals surface area contributed by atoms with Crippen LogP contribution < -0.4 is 0 Å². The van der Waals surface area contributed by atoms with Gasteiger partial charge in [-0.3, -0.25) is 9.59 Å². The number of aliphatic hydroxyl groups is 4. The van der Waals surface area contributed by atoms with Gasteiger partial charge < -0.3 is 72.8 Å². The monoisotopic (exact) mass is 900 g/mol. The molecular weight excluding hydrogens is 822 g/mol. The van der Waals surface area contributed by atoms with E-state index in [0.717, 1.165) is 11.9 Å². The number of ether oxygens (including phenoxy) is 9. The van der Waals surface area contributed by atoms with Gasteiger partial charge in [-0.05, 0) is 85.9 Å². The van der Waals surface area contributed by atoms with Crippen LogP contribution in [-0.2, 0) is 57.0 Å².